The van der Waals surface area contributed by atoms with E-state index in [4.69, 9.17) is 10.5 Å². The van der Waals surface area contributed by atoms with Gasteiger partial charge in [-0.15, -0.1) is 0 Å². The van der Waals surface area contributed by atoms with Crippen LogP contribution in [0.15, 0.2) is 46.9 Å². The number of nitrogens with two attached hydrogens (primary N) is 1. The van der Waals surface area contributed by atoms with Crippen LogP contribution in [0.1, 0.15) is 11.1 Å². The highest BCUT2D eigenvalue weighted by atomic mass is 79.9. The first-order valence-electron chi connectivity index (χ1n) is 6.45. The summed E-state index contributed by atoms with van der Waals surface area (Å²) >= 11 is 3.38. The van der Waals surface area contributed by atoms with E-state index in [0.29, 0.717) is 30.9 Å². The van der Waals surface area contributed by atoms with Gasteiger partial charge in [-0.3, -0.25) is 10.1 Å². The Balaban J connectivity index is 2.04. The highest BCUT2D eigenvalue weighted by molar-refractivity contribution is 9.10. The number of benzene rings is 2. The van der Waals surface area contributed by atoms with Gasteiger partial charge in [0.1, 0.15) is 5.75 Å². The number of hydrogen-bond acceptors (Lipinski definition) is 4. The van der Waals surface area contributed by atoms with Gasteiger partial charge in [-0.2, -0.15) is 0 Å². The van der Waals surface area contributed by atoms with E-state index in [1.807, 2.05) is 18.2 Å². The fraction of sp³-hybridized carbons (Fsp3) is 0.200. The second-order valence-corrected chi connectivity index (χ2v) is 5.36. The smallest absolute Gasteiger partial charge is 0.272 e. The molecule has 110 valence electrons. The first-order valence-corrected chi connectivity index (χ1v) is 7.24. The molecule has 6 heteroatoms. The lowest BCUT2D eigenvalue weighted by Gasteiger charge is -2.11. The van der Waals surface area contributed by atoms with Gasteiger partial charge in [0, 0.05) is 34.6 Å². The van der Waals surface area contributed by atoms with Crippen molar-refractivity contribution in [1.82, 2.24) is 0 Å². The van der Waals surface area contributed by atoms with Crippen LogP contribution in [0, 0.1) is 10.1 Å². The molecule has 5 nitrogen and oxygen atoms in total. The molecule has 0 aromatic heterocycles. The number of nitrogens with zero attached hydrogens (tertiary/aromatic N) is 1. The third-order valence-corrected chi connectivity index (χ3v) is 3.55. The van der Waals surface area contributed by atoms with E-state index in [0.717, 1.165) is 10.0 Å². The van der Waals surface area contributed by atoms with Crippen molar-refractivity contribution < 1.29 is 9.66 Å². The van der Waals surface area contributed by atoms with Gasteiger partial charge in [0.15, 0.2) is 0 Å². The number of ether oxygens (including phenoxy) is 1. The molecule has 2 N–H and O–H groups in total. The minimum atomic E-state index is -0.375. The molecule has 2 aromatic rings. The van der Waals surface area contributed by atoms with Crippen molar-refractivity contribution in [3.8, 4) is 5.75 Å². The summed E-state index contributed by atoms with van der Waals surface area (Å²) in [7, 11) is 0. The van der Waals surface area contributed by atoms with Crippen LogP contribution in [0.2, 0.25) is 0 Å². The van der Waals surface area contributed by atoms with E-state index in [-0.39, 0.29) is 10.6 Å². The largest absolute Gasteiger partial charge is 0.493 e. The molecule has 0 saturated carbocycles. The van der Waals surface area contributed by atoms with Gasteiger partial charge in [-0.25, -0.2) is 0 Å². The predicted octanol–water partition coefficient (Wildman–Crippen LogP) is 3.44. The van der Waals surface area contributed by atoms with Crippen molar-refractivity contribution >= 4 is 21.6 Å². The molecule has 0 radical (unpaired) electrons. The topological polar surface area (TPSA) is 78.4 Å². The van der Waals surface area contributed by atoms with Gasteiger partial charge in [0.2, 0.25) is 0 Å². The fourth-order valence-corrected chi connectivity index (χ4v) is 2.43. The molecular weight excluding hydrogens is 336 g/mol. The van der Waals surface area contributed by atoms with Crippen molar-refractivity contribution in [1.29, 1.82) is 0 Å². The van der Waals surface area contributed by atoms with E-state index in [2.05, 4.69) is 15.9 Å². The van der Waals surface area contributed by atoms with E-state index in [1.165, 1.54) is 6.07 Å². The van der Waals surface area contributed by atoms with Crippen molar-refractivity contribution in [3.63, 3.8) is 0 Å². The van der Waals surface area contributed by atoms with Crippen LogP contribution in [0.3, 0.4) is 0 Å². The maximum atomic E-state index is 10.9. The third kappa shape index (κ3) is 4.03. The average Bonchev–Trinajstić information content (AvgIpc) is 2.49. The summed E-state index contributed by atoms with van der Waals surface area (Å²) in [4.78, 5) is 10.6. The minimum absolute atomic E-state index is 0.121. The summed E-state index contributed by atoms with van der Waals surface area (Å²) in [6, 6.07) is 12.3. The zero-order valence-corrected chi connectivity index (χ0v) is 12.9. The second kappa shape index (κ2) is 7.19. The number of hydrogen-bond donors (Lipinski definition) is 1. The highest BCUT2D eigenvalue weighted by Crippen LogP contribution is 2.24. The first-order chi connectivity index (χ1) is 10.1. The maximum Gasteiger partial charge on any atom is 0.272 e. The van der Waals surface area contributed by atoms with Crippen LogP contribution in [0.5, 0.6) is 5.75 Å². The molecule has 0 unspecified atom stereocenters. The molecule has 0 heterocycles. The van der Waals surface area contributed by atoms with Crippen molar-refractivity contribution in [3.05, 3.63) is 68.2 Å². The second-order valence-electron chi connectivity index (χ2n) is 4.44. The lowest BCUT2D eigenvalue weighted by Crippen LogP contribution is -2.07. The highest BCUT2D eigenvalue weighted by Gasteiger charge is 2.12. The fourth-order valence-electron chi connectivity index (χ4n) is 2.02. The monoisotopic (exact) mass is 350 g/mol. The van der Waals surface area contributed by atoms with Crippen molar-refractivity contribution in [2.75, 3.05) is 6.61 Å². The first kappa shape index (κ1) is 15.5. The summed E-state index contributed by atoms with van der Waals surface area (Å²) < 4.78 is 6.64. The summed E-state index contributed by atoms with van der Waals surface area (Å²) in [5.41, 5.74) is 7.35. The quantitative estimate of drug-likeness (QED) is 0.639. The maximum absolute atomic E-state index is 10.9. The summed E-state index contributed by atoms with van der Waals surface area (Å²) in [6.45, 7) is 0.736. The number of halogens is 1. The molecule has 0 bridgehead atoms. The molecule has 0 aliphatic rings. The number of nitro benzene ring substituents is 1. The normalized spacial score (nSPS) is 10.4. The number of rotatable bonds is 6. The van der Waals surface area contributed by atoms with Crippen molar-refractivity contribution in [2.45, 2.75) is 13.0 Å². The molecule has 0 aliphatic carbocycles. The van der Waals surface area contributed by atoms with Crippen LogP contribution in [0.25, 0.3) is 0 Å². The summed E-state index contributed by atoms with van der Waals surface area (Å²) in [6.07, 6.45) is 0.469. The van der Waals surface area contributed by atoms with Gasteiger partial charge in [-0.05, 0) is 18.2 Å². The van der Waals surface area contributed by atoms with E-state index < -0.39 is 0 Å². The van der Waals surface area contributed by atoms with E-state index in [1.54, 1.807) is 18.2 Å². The molecular formula is C15H15BrN2O3. The number of nitro groups is 1. The van der Waals surface area contributed by atoms with Crippen LogP contribution in [0.4, 0.5) is 5.69 Å². The Morgan fingerprint density at radius 1 is 1.19 bits per heavy atom. The molecule has 0 spiro atoms. The SMILES string of the molecule is NCc1cc(Br)ccc1OCCc1ccccc1[N+](=O)[O-]. The summed E-state index contributed by atoms with van der Waals surface area (Å²) in [5, 5.41) is 10.9. The van der Waals surface area contributed by atoms with Crippen LogP contribution in [-0.2, 0) is 13.0 Å². The average molecular weight is 351 g/mol. The molecule has 0 saturated heterocycles. The molecule has 0 amide bonds. The van der Waals surface area contributed by atoms with E-state index in [9.17, 15) is 10.1 Å². The zero-order valence-electron chi connectivity index (χ0n) is 11.3. The van der Waals surface area contributed by atoms with Gasteiger partial charge in [0.05, 0.1) is 11.5 Å². The van der Waals surface area contributed by atoms with Crippen LogP contribution < -0.4 is 10.5 Å². The lowest BCUT2D eigenvalue weighted by atomic mass is 10.1. The molecule has 2 rings (SSSR count). The van der Waals surface area contributed by atoms with Gasteiger partial charge in [0.25, 0.3) is 5.69 Å². The minimum Gasteiger partial charge on any atom is -0.493 e. The Morgan fingerprint density at radius 2 is 1.95 bits per heavy atom. The molecule has 0 atom stereocenters. The van der Waals surface area contributed by atoms with Crippen LogP contribution >= 0.6 is 15.9 Å². The Kier molecular flexibility index (Phi) is 5.30. The van der Waals surface area contributed by atoms with Crippen molar-refractivity contribution in [2.24, 2.45) is 5.73 Å². The van der Waals surface area contributed by atoms with Gasteiger partial charge < -0.3 is 10.5 Å². The van der Waals surface area contributed by atoms with E-state index >= 15 is 0 Å². The summed E-state index contributed by atoms with van der Waals surface area (Å²) in [5.74, 6) is 0.708. The Labute approximate surface area is 131 Å². The van der Waals surface area contributed by atoms with Gasteiger partial charge in [-0.1, -0.05) is 34.1 Å². The lowest BCUT2D eigenvalue weighted by molar-refractivity contribution is -0.385. The molecule has 21 heavy (non-hydrogen) atoms. The predicted molar refractivity (Wildman–Crippen MR) is 84.3 cm³/mol. The standard InChI is InChI=1S/C15H15BrN2O3/c16-13-5-6-15(12(9-13)10-17)21-8-7-11-3-1-2-4-14(11)18(19)20/h1-6,9H,7-8,10,17H2. The number of para-hydroxylation sites is 1. The van der Waals surface area contributed by atoms with Gasteiger partial charge >= 0.3 is 0 Å². The zero-order chi connectivity index (χ0) is 15.2. The molecule has 0 aliphatic heterocycles. The molecule has 0 fully saturated rings. The Hall–Kier alpha value is -1.92. The Bertz CT molecular complexity index is 647. The Morgan fingerprint density at radius 3 is 2.67 bits per heavy atom. The van der Waals surface area contributed by atoms with Crippen LogP contribution in [-0.4, -0.2) is 11.5 Å². The molecule has 2 aromatic carbocycles. The third-order valence-electron chi connectivity index (χ3n) is 3.06.